The van der Waals surface area contributed by atoms with Gasteiger partial charge in [-0.1, -0.05) is 23.7 Å². The lowest BCUT2D eigenvalue weighted by molar-refractivity contribution is 0.580. The number of benzene rings is 1. The van der Waals surface area contributed by atoms with Crippen LogP contribution in [0, 0.1) is 0 Å². The van der Waals surface area contributed by atoms with Crippen LogP contribution >= 0.6 is 35.6 Å². The highest BCUT2D eigenvalue weighted by atomic mass is 127. The Kier molecular flexibility index (Phi) is 10.6. The molecular formula is C17H23ClIN5O2S. The van der Waals surface area contributed by atoms with E-state index in [0.29, 0.717) is 24.1 Å². The van der Waals surface area contributed by atoms with E-state index in [1.165, 1.54) is 24.0 Å². The second kappa shape index (κ2) is 12.1. The van der Waals surface area contributed by atoms with Gasteiger partial charge in [-0.3, -0.25) is 9.98 Å². The van der Waals surface area contributed by atoms with E-state index in [0.717, 1.165) is 6.42 Å². The zero-order valence-electron chi connectivity index (χ0n) is 14.9. The Bertz CT molecular complexity index is 817. The van der Waals surface area contributed by atoms with Gasteiger partial charge in [0.2, 0.25) is 10.0 Å². The van der Waals surface area contributed by atoms with Gasteiger partial charge < -0.3 is 10.6 Å². The first-order valence-corrected chi connectivity index (χ1v) is 9.96. The van der Waals surface area contributed by atoms with Gasteiger partial charge in [-0.2, -0.15) is 0 Å². The monoisotopic (exact) mass is 523 g/mol. The Morgan fingerprint density at radius 3 is 2.44 bits per heavy atom. The maximum Gasteiger partial charge on any atom is 0.242 e. The van der Waals surface area contributed by atoms with E-state index < -0.39 is 10.0 Å². The number of guanidine groups is 1. The number of aliphatic imine (C=N–C) groups is 1. The number of pyridine rings is 1. The van der Waals surface area contributed by atoms with Gasteiger partial charge in [-0.15, -0.1) is 24.0 Å². The van der Waals surface area contributed by atoms with Crippen LogP contribution in [0.2, 0.25) is 5.02 Å². The number of halogens is 2. The van der Waals surface area contributed by atoms with Crippen LogP contribution in [0.4, 0.5) is 0 Å². The van der Waals surface area contributed by atoms with E-state index in [1.807, 2.05) is 24.3 Å². The molecule has 0 spiro atoms. The van der Waals surface area contributed by atoms with Crippen LogP contribution in [0.3, 0.4) is 0 Å². The second-order valence-corrected chi connectivity index (χ2v) is 7.59. The molecule has 148 valence electrons. The van der Waals surface area contributed by atoms with Crippen molar-refractivity contribution in [3.8, 4) is 0 Å². The lowest BCUT2D eigenvalue weighted by Gasteiger charge is -2.12. The zero-order chi connectivity index (χ0) is 18.8. The number of hydrogen-bond donors (Lipinski definition) is 3. The molecule has 0 atom stereocenters. The van der Waals surface area contributed by atoms with Crippen molar-refractivity contribution in [2.45, 2.75) is 11.3 Å². The van der Waals surface area contributed by atoms with Crippen molar-refractivity contribution in [2.24, 2.45) is 4.99 Å². The third-order valence-corrected chi connectivity index (χ3v) is 5.20. The molecule has 0 unspecified atom stereocenters. The number of rotatable bonds is 8. The summed E-state index contributed by atoms with van der Waals surface area (Å²) in [6.07, 6.45) is 3.67. The Balaban J connectivity index is 0.00000364. The number of aromatic nitrogens is 1. The number of nitrogens with one attached hydrogen (secondary N) is 3. The van der Waals surface area contributed by atoms with Gasteiger partial charge in [0.15, 0.2) is 5.96 Å². The summed E-state index contributed by atoms with van der Waals surface area (Å²) in [5, 5.41) is 6.96. The molecule has 7 nitrogen and oxygen atoms in total. The fraction of sp³-hybridized carbons (Fsp3) is 0.294. The second-order valence-electron chi connectivity index (χ2n) is 5.39. The molecule has 3 N–H and O–H groups in total. The number of nitrogens with zero attached hydrogens (tertiary/aromatic N) is 2. The highest BCUT2D eigenvalue weighted by Crippen LogP contribution is 2.09. The summed E-state index contributed by atoms with van der Waals surface area (Å²) < 4.78 is 26.6. The van der Waals surface area contributed by atoms with Crippen molar-refractivity contribution in [2.75, 3.05) is 26.7 Å². The molecule has 10 heteroatoms. The third kappa shape index (κ3) is 8.41. The summed E-state index contributed by atoms with van der Waals surface area (Å²) in [6, 6.07) is 10.8. The summed E-state index contributed by atoms with van der Waals surface area (Å²) in [5.74, 6) is 0.611. The van der Waals surface area contributed by atoms with Crippen LogP contribution in [0.25, 0.3) is 0 Å². The molecule has 2 aromatic rings. The summed E-state index contributed by atoms with van der Waals surface area (Å²) in [6.45, 7) is 1.33. The Labute approximate surface area is 182 Å². The Morgan fingerprint density at radius 2 is 1.81 bits per heavy atom. The molecule has 0 saturated carbocycles. The molecule has 2 rings (SSSR count). The van der Waals surface area contributed by atoms with Crippen molar-refractivity contribution >= 4 is 51.6 Å². The van der Waals surface area contributed by atoms with Gasteiger partial charge >= 0.3 is 0 Å². The predicted molar refractivity (Wildman–Crippen MR) is 119 cm³/mol. The van der Waals surface area contributed by atoms with E-state index in [1.54, 1.807) is 13.1 Å². The van der Waals surface area contributed by atoms with Gasteiger partial charge in [-0.25, -0.2) is 13.1 Å². The third-order valence-electron chi connectivity index (χ3n) is 3.50. The summed E-state index contributed by atoms with van der Waals surface area (Å²) in [5.41, 5.74) is 1.17. The van der Waals surface area contributed by atoms with Gasteiger partial charge in [0.1, 0.15) is 4.90 Å². The molecule has 1 aromatic heterocycles. The quantitative estimate of drug-likeness (QED) is 0.213. The van der Waals surface area contributed by atoms with Crippen LogP contribution in [-0.2, 0) is 16.4 Å². The van der Waals surface area contributed by atoms with E-state index in [9.17, 15) is 8.42 Å². The minimum Gasteiger partial charge on any atom is -0.356 e. The Morgan fingerprint density at radius 1 is 1.11 bits per heavy atom. The summed E-state index contributed by atoms with van der Waals surface area (Å²) >= 11 is 5.86. The molecular weight excluding hydrogens is 501 g/mol. The molecule has 0 fully saturated rings. The highest BCUT2D eigenvalue weighted by Gasteiger charge is 2.12. The van der Waals surface area contributed by atoms with E-state index in [4.69, 9.17) is 11.6 Å². The van der Waals surface area contributed by atoms with Gasteiger partial charge in [0.25, 0.3) is 0 Å². The summed E-state index contributed by atoms with van der Waals surface area (Å²) in [7, 11) is -1.88. The number of hydrogen-bond acceptors (Lipinski definition) is 4. The van der Waals surface area contributed by atoms with Crippen LogP contribution < -0.4 is 15.4 Å². The first-order valence-electron chi connectivity index (χ1n) is 8.10. The van der Waals surface area contributed by atoms with E-state index >= 15 is 0 Å². The molecule has 0 aliphatic rings. The topological polar surface area (TPSA) is 95.5 Å². The fourth-order valence-corrected chi connectivity index (χ4v) is 3.27. The molecule has 0 amide bonds. The molecule has 27 heavy (non-hydrogen) atoms. The van der Waals surface area contributed by atoms with E-state index in [-0.39, 0.29) is 35.4 Å². The smallest absolute Gasteiger partial charge is 0.242 e. The predicted octanol–water partition coefficient (Wildman–Crippen LogP) is 2.04. The van der Waals surface area contributed by atoms with E-state index in [2.05, 4.69) is 25.3 Å². The minimum absolute atomic E-state index is 0. The highest BCUT2D eigenvalue weighted by molar-refractivity contribution is 14.0. The van der Waals surface area contributed by atoms with Crippen molar-refractivity contribution < 1.29 is 8.42 Å². The molecule has 1 aromatic carbocycles. The largest absolute Gasteiger partial charge is 0.356 e. The lowest BCUT2D eigenvalue weighted by atomic mass is 10.1. The summed E-state index contributed by atoms with van der Waals surface area (Å²) in [4.78, 5) is 8.07. The van der Waals surface area contributed by atoms with Crippen molar-refractivity contribution in [1.82, 2.24) is 20.3 Å². The normalized spacial score (nSPS) is 11.6. The number of sulfonamides is 1. The van der Waals surface area contributed by atoms with Gasteiger partial charge in [0.05, 0.1) is 0 Å². The standard InChI is InChI=1S/C17H22ClN5O2S.HI/c1-19-17(21-10-8-14-4-6-15(18)7-5-14)22-11-12-23-26(24,25)16-3-2-9-20-13-16;/h2-7,9,13,23H,8,10-12H2,1H3,(H2,19,21,22);1H. The maximum atomic E-state index is 12.1. The minimum atomic E-state index is -3.55. The first kappa shape index (κ1) is 23.6. The van der Waals surface area contributed by atoms with Crippen molar-refractivity contribution in [1.29, 1.82) is 0 Å². The van der Waals surface area contributed by atoms with Crippen molar-refractivity contribution in [3.05, 3.63) is 59.4 Å². The molecule has 0 saturated heterocycles. The van der Waals surface area contributed by atoms with Crippen LogP contribution in [-0.4, -0.2) is 46.0 Å². The molecule has 1 heterocycles. The molecule has 0 aliphatic heterocycles. The zero-order valence-corrected chi connectivity index (χ0v) is 18.8. The first-order chi connectivity index (χ1) is 12.5. The molecule has 0 bridgehead atoms. The van der Waals surface area contributed by atoms with Crippen LogP contribution in [0.15, 0.2) is 58.7 Å². The maximum absolute atomic E-state index is 12.1. The average molecular weight is 524 g/mol. The fourth-order valence-electron chi connectivity index (χ4n) is 2.15. The van der Waals surface area contributed by atoms with Crippen LogP contribution in [0.1, 0.15) is 5.56 Å². The SMILES string of the molecule is CN=C(NCCNS(=O)(=O)c1cccnc1)NCCc1ccc(Cl)cc1.I. The average Bonchev–Trinajstić information content (AvgIpc) is 2.66. The van der Waals surface area contributed by atoms with Gasteiger partial charge in [0, 0.05) is 44.1 Å². The van der Waals surface area contributed by atoms with Crippen LogP contribution in [0.5, 0.6) is 0 Å². The van der Waals surface area contributed by atoms with Crippen molar-refractivity contribution in [3.63, 3.8) is 0 Å². The molecule has 0 radical (unpaired) electrons. The van der Waals surface area contributed by atoms with Gasteiger partial charge in [-0.05, 0) is 36.2 Å². The molecule has 0 aliphatic carbocycles. The lowest BCUT2D eigenvalue weighted by Crippen LogP contribution is -2.42. The Hall–Kier alpha value is -1.43.